The van der Waals surface area contributed by atoms with Crippen molar-refractivity contribution < 1.29 is 19.5 Å². The Labute approximate surface area is 177 Å². The minimum Gasteiger partial charge on any atom is -0.481 e. The molecule has 30 heavy (non-hydrogen) atoms. The van der Waals surface area contributed by atoms with Gasteiger partial charge in [0.25, 0.3) is 5.91 Å². The summed E-state index contributed by atoms with van der Waals surface area (Å²) < 4.78 is 0. The summed E-state index contributed by atoms with van der Waals surface area (Å²) in [5.74, 6) is -0.587. The van der Waals surface area contributed by atoms with E-state index in [4.69, 9.17) is 5.11 Å². The van der Waals surface area contributed by atoms with E-state index in [-0.39, 0.29) is 18.2 Å². The van der Waals surface area contributed by atoms with Gasteiger partial charge in [-0.25, -0.2) is 0 Å². The Balaban J connectivity index is 1.63. The van der Waals surface area contributed by atoms with Gasteiger partial charge in [-0.1, -0.05) is 0 Å². The smallest absolute Gasteiger partial charge is 0.305 e. The van der Waals surface area contributed by atoms with E-state index in [1.807, 2.05) is 7.05 Å². The van der Waals surface area contributed by atoms with Crippen molar-refractivity contribution in [3.05, 3.63) is 29.3 Å². The SMILES string of the molecule is CN(CCCC1CCNCC1)C(=O)c1ccc2c(c1)CN(C)C(=O)C(CC(=O)O)N2. The first kappa shape index (κ1) is 22.1. The van der Waals surface area contributed by atoms with Crippen LogP contribution in [0.3, 0.4) is 0 Å². The molecule has 1 fully saturated rings. The highest BCUT2D eigenvalue weighted by molar-refractivity contribution is 5.95. The number of carbonyl (C=O) groups excluding carboxylic acids is 2. The Hall–Kier alpha value is -2.61. The average molecular weight is 417 g/mol. The van der Waals surface area contributed by atoms with Gasteiger partial charge >= 0.3 is 5.97 Å². The lowest BCUT2D eigenvalue weighted by Gasteiger charge is -2.24. The van der Waals surface area contributed by atoms with Crippen LogP contribution in [0.15, 0.2) is 18.2 Å². The summed E-state index contributed by atoms with van der Waals surface area (Å²) in [5.41, 5.74) is 2.09. The van der Waals surface area contributed by atoms with Crippen molar-refractivity contribution in [2.24, 2.45) is 5.92 Å². The van der Waals surface area contributed by atoms with Gasteiger partial charge in [-0.2, -0.15) is 0 Å². The van der Waals surface area contributed by atoms with Gasteiger partial charge in [0, 0.05) is 38.4 Å². The fourth-order valence-electron chi connectivity index (χ4n) is 4.27. The molecule has 0 aliphatic carbocycles. The third-order valence-electron chi connectivity index (χ3n) is 6.05. The third-order valence-corrected chi connectivity index (χ3v) is 6.05. The van der Waals surface area contributed by atoms with E-state index >= 15 is 0 Å². The first-order valence-electron chi connectivity index (χ1n) is 10.7. The van der Waals surface area contributed by atoms with Crippen molar-refractivity contribution in [3.8, 4) is 0 Å². The quantitative estimate of drug-likeness (QED) is 0.626. The summed E-state index contributed by atoms with van der Waals surface area (Å²) >= 11 is 0. The minimum atomic E-state index is -1.03. The molecule has 3 rings (SSSR count). The van der Waals surface area contributed by atoms with E-state index < -0.39 is 12.0 Å². The van der Waals surface area contributed by atoms with Crippen molar-refractivity contribution in [1.29, 1.82) is 0 Å². The number of anilines is 1. The molecule has 0 radical (unpaired) electrons. The fourth-order valence-corrected chi connectivity index (χ4v) is 4.27. The van der Waals surface area contributed by atoms with Crippen LogP contribution in [-0.2, 0) is 16.1 Å². The molecular formula is C22H32N4O4. The number of carboxylic acid groups (broad SMARTS) is 1. The lowest BCUT2D eigenvalue weighted by Crippen LogP contribution is -2.39. The van der Waals surface area contributed by atoms with Crippen LogP contribution in [-0.4, -0.2) is 72.5 Å². The number of amides is 2. The van der Waals surface area contributed by atoms with Gasteiger partial charge < -0.3 is 25.5 Å². The Bertz CT molecular complexity index is 791. The normalized spacial score (nSPS) is 19.6. The number of carboxylic acids is 1. The number of nitrogens with zero attached hydrogens (tertiary/aromatic N) is 2. The lowest BCUT2D eigenvalue weighted by molar-refractivity contribution is -0.141. The number of likely N-dealkylation sites (N-methyl/N-ethyl adjacent to an activating group) is 1. The maximum Gasteiger partial charge on any atom is 0.305 e. The number of aliphatic carboxylic acids is 1. The number of rotatable bonds is 7. The Morgan fingerprint density at radius 1 is 1.27 bits per heavy atom. The fraction of sp³-hybridized carbons (Fsp3) is 0.591. The highest BCUT2D eigenvalue weighted by atomic mass is 16.4. The van der Waals surface area contributed by atoms with E-state index in [1.165, 1.54) is 17.7 Å². The number of nitrogens with one attached hydrogen (secondary N) is 2. The molecule has 0 spiro atoms. The van der Waals surface area contributed by atoms with Crippen LogP contribution in [0, 0.1) is 5.92 Å². The van der Waals surface area contributed by atoms with Crippen molar-refractivity contribution in [3.63, 3.8) is 0 Å². The van der Waals surface area contributed by atoms with Crippen LogP contribution < -0.4 is 10.6 Å². The number of carbonyl (C=O) groups is 3. The maximum absolute atomic E-state index is 12.9. The summed E-state index contributed by atoms with van der Waals surface area (Å²) in [6.07, 6.45) is 4.27. The molecule has 2 heterocycles. The van der Waals surface area contributed by atoms with Gasteiger partial charge in [-0.05, 0) is 68.5 Å². The predicted molar refractivity (Wildman–Crippen MR) is 114 cm³/mol. The van der Waals surface area contributed by atoms with Gasteiger partial charge in [0.05, 0.1) is 6.42 Å². The first-order chi connectivity index (χ1) is 14.3. The maximum atomic E-state index is 12.9. The Morgan fingerprint density at radius 2 is 2.00 bits per heavy atom. The van der Waals surface area contributed by atoms with Crippen LogP contribution in [0.5, 0.6) is 0 Å². The second-order valence-electron chi connectivity index (χ2n) is 8.42. The van der Waals surface area contributed by atoms with E-state index in [0.717, 1.165) is 44.0 Å². The van der Waals surface area contributed by atoms with Crippen molar-refractivity contribution in [2.75, 3.05) is 39.0 Å². The molecule has 2 aliphatic heterocycles. The highest BCUT2D eigenvalue weighted by Crippen LogP contribution is 2.25. The second-order valence-corrected chi connectivity index (χ2v) is 8.42. The zero-order valence-electron chi connectivity index (χ0n) is 17.8. The van der Waals surface area contributed by atoms with Gasteiger partial charge in [0.2, 0.25) is 5.91 Å². The van der Waals surface area contributed by atoms with E-state index in [0.29, 0.717) is 17.8 Å². The molecule has 0 bridgehead atoms. The number of benzene rings is 1. The standard InChI is InChI=1S/C22H32N4O4/c1-25(11-3-4-15-7-9-23-10-8-15)21(29)16-5-6-18-17(12-16)14-26(2)22(30)19(24-18)13-20(27)28/h5-6,12,15,19,23-24H,3-4,7-11,13-14H2,1-2H3,(H,27,28). The zero-order valence-corrected chi connectivity index (χ0v) is 17.8. The van der Waals surface area contributed by atoms with Gasteiger partial charge in [-0.3, -0.25) is 14.4 Å². The van der Waals surface area contributed by atoms with Crippen molar-refractivity contribution in [1.82, 2.24) is 15.1 Å². The van der Waals surface area contributed by atoms with Crippen molar-refractivity contribution >= 4 is 23.5 Å². The first-order valence-corrected chi connectivity index (χ1v) is 10.7. The minimum absolute atomic E-state index is 0.0385. The number of fused-ring (bicyclic) bond motifs is 1. The second kappa shape index (κ2) is 9.93. The van der Waals surface area contributed by atoms with Gasteiger partial charge in [-0.15, -0.1) is 0 Å². The summed E-state index contributed by atoms with van der Waals surface area (Å²) in [7, 11) is 3.47. The van der Waals surface area contributed by atoms with E-state index in [2.05, 4.69) is 10.6 Å². The molecule has 3 N–H and O–H groups in total. The van der Waals surface area contributed by atoms with Gasteiger partial charge in [0.1, 0.15) is 6.04 Å². The summed E-state index contributed by atoms with van der Waals surface area (Å²) in [6, 6.07) is 4.51. The molecule has 1 aromatic carbocycles. The highest BCUT2D eigenvalue weighted by Gasteiger charge is 2.29. The lowest BCUT2D eigenvalue weighted by atomic mass is 9.93. The van der Waals surface area contributed by atoms with E-state index in [1.54, 1.807) is 30.1 Å². The Kier molecular flexibility index (Phi) is 7.31. The zero-order chi connectivity index (χ0) is 21.7. The molecule has 0 saturated carbocycles. The third kappa shape index (κ3) is 5.50. The van der Waals surface area contributed by atoms with E-state index in [9.17, 15) is 14.4 Å². The van der Waals surface area contributed by atoms with Crippen LogP contribution in [0.4, 0.5) is 5.69 Å². The van der Waals surface area contributed by atoms with Crippen molar-refractivity contribution in [2.45, 2.75) is 44.7 Å². The summed E-state index contributed by atoms with van der Waals surface area (Å²) in [5, 5.41) is 15.5. The molecule has 1 aromatic rings. The average Bonchev–Trinajstić information content (AvgIpc) is 2.84. The summed E-state index contributed by atoms with van der Waals surface area (Å²) in [4.78, 5) is 39.7. The number of piperidine rings is 1. The number of hydrogen-bond donors (Lipinski definition) is 3. The van der Waals surface area contributed by atoms with Crippen LogP contribution in [0.2, 0.25) is 0 Å². The topological polar surface area (TPSA) is 102 Å². The molecule has 8 heteroatoms. The van der Waals surface area contributed by atoms with Crippen LogP contribution in [0.25, 0.3) is 0 Å². The molecule has 1 saturated heterocycles. The molecule has 2 amide bonds. The Morgan fingerprint density at radius 3 is 2.70 bits per heavy atom. The summed E-state index contributed by atoms with van der Waals surface area (Å²) in [6.45, 7) is 3.23. The largest absolute Gasteiger partial charge is 0.481 e. The molecule has 2 aliphatic rings. The molecule has 164 valence electrons. The van der Waals surface area contributed by atoms with Crippen LogP contribution >= 0.6 is 0 Å². The molecule has 1 atom stereocenters. The molecule has 8 nitrogen and oxygen atoms in total. The monoisotopic (exact) mass is 416 g/mol. The molecular weight excluding hydrogens is 384 g/mol. The number of hydrogen-bond acceptors (Lipinski definition) is 5. The van der Waals surface area contributed by atoms with Crippen LogP contribution in [0.1, 0.15) is 48.0 Å². The van der Waals surface area contributed by atoms with Gasteiger partial charge in [0.15, 0.2) is 0 Å². The molecule has 1 unspecified atom stereocenters. The molecule has 0 aromatic heterocycles. The predicted octanol–water partition coefficient (Wildman–Crippen LogP) is 1.77.